The zero-order valence-corrected chi connectivity index (χ0v) is 25.8. The summed E-state index contributed by atoms with van der Waals surface area (Å²) in [6, 6.07) is 26.6. The number of nitrogens with one attached hydrogen (secondary N) is 2. The van der Waals surface area contributed by atoms with E-state index in [1.807, 2.05) is 91.0 Å². The maximum absolute atomic E-state index is 13.1. The number of ether oxygens (including phenoxy) is 1. The predicted octanol–water partition coefficient (Wildman–Crippen LogP) is 4.32. The van der Waals surface area contributed by atoms with Crippen LogP contribution in [-0.4, -0.2) is 53.3 Å². The van der Waals surface area contributed by atoms with E-state index < -0.39 is 48.7 Å². The van der Waals surface area contributed by atoms with Crippen molar-refractivity contribution in [3.8, 4) is 0 Å². The summed E-state index contributed by atoms with van der Waals surface area (Å²) >= 11 is 0. The van der Waals surface area contributed by atoms with Crippen LogP contribution < -0.4 is 10.6 Å². The molecule has 0 aliphatic carbocycles. The van der Waals surface area contributed by atoms with Gasteiger partial charge in [0.15, 0.2) is 12.4 Å². The SMILES string of the molecule is CC(C)C(NC(=O)CCc1ccccc1)C(=O)NC(CC(=O)O)C(=O)COC(=O)CC(Cc1ccccc1)Cc1ccccc1. The molecule has 9 nitrogen and oxygen atoms in total. The summed E-state index contributed by atoms with van der Waals surface area (Å²) in [5.41, 5.74) is 3.11. The van der Waals surface area contributed by atoms with Crippen LogP contribution in [0, 0.1) is 11.8 Å². The Kier molecular flexibility index (Phi) is 14.0. The van der Waals surface area contributed by atoms with Crippen LogP contribution in [-0.2, 0) is 48.0 Å². The maximum atomic E-state index is 13.1. The molecule has 2 amide bonds. The van der Waals surface area contributed by atoms with Crippen molar-refractivity contribution < 1.29 is 33.8 Å². The van der Waals surface area contributed by atoms with Crippen LogP contribution in [0.15, 0.2) is 91.0 Å². The number of carboxylic acids is 1. The van der Waals surface area contributed by atoms with Gasteiger partial charge >= 0.3 is 11.9 Å². The van der Waals surface area contributed by atoms with Crippen LogP contribution in [0.25, 0.3) is 0 Å². The lowest BCUT2D eigenvalue weighted by molar-refractivity contribution is -0.150. The smallest absolute Gasteiger partial charge is 0.306 e. The minimum Gasteiger partial charge on any atom is -0.481 e. The van der Waals surface area contributed by atoms with Crippen molar-refractivity contribution in [1.82, 2.24) is 10.6 Å². The van der Waals surface area contributed by atoms with E-state index in [1.54, 1.807) is 13.8 Å². The topological polar surface area (TPSA) is 139 Å². The average molecular weight is 615 g/mol. The van der Waals surface area contributed by atoms with E-state index in [0.717, 1.165) is 16.7 Å². The van der Waals surface area contributed by atoms with Gasteiger partial charge in [0.05, 0.1) is 6.42 Å². The maximum Gasteiger partial charge on any atom is 0.306 e. The van der Waals surface area contributed by atoms with Crippen LogP contribution in [0.4, 0.5) is 0 Å². The Hall–Kier alpha value is -4.79. The van der Waals surface area contributed by atoms with E-state index in [-0.39, 0.29) is 30.6 Å². The van der Waals surface area contributed by atoms with E-state index >= 15 is 0 Å². The summed E-state index contributed by atoms with van der Waals surface area (Å²) in [6.45, 7) is 2.79. The summed E-state index contributed by atoms with van der Waals surface area (Å²) in [6.07, 6.45) is 1.26. The van der Waals surface area contributed by atoms with Crippen molar-refractivity contribution in [3.05, 3.63) is 108 Å². The first-order chi connectivity index (χ1) is 21.6. The molecule has 0 saturated carbocycles. The third-order valence-electron chi connectivity index (χ3n) is 7.40. The molecule has 238 valence electrons. The van der Waals surface area contributed by atoms with Crippen molar-refractivity contribution in [1.29, 1.82) is 0 Å². The lowest BCUT2D eigenvalue weighted by atomic mass is 9.90. The molecule has 0 fully saturated rings. The molecule has 3 rings (SSSR count). The first-order valence-electron chi connectivity index (χ1n) is 15.2. The van der Waals surface area contributed by atoms with Crippen molar-refractivity contribution in [2.24, 2.45) is 11.8 Å². The number of aliphatic carboxylic acids is 1. The van der Waals surface area contributed by atoms with Gasteiger partial charge in [-0.1, -0.05) is 105 Å². The number of aryl methyl sites for hydroxylation is 1. The molecule has 0 spiro atoms. The number of carbonyl (C=O) groups excluding carboxylic acids is 4. The molecule has 9 heteroatoms. The fourth-order valence-electron chi connectivity index (χ4n) is 5.02. The number of amides is 2. The van der Waals surface area contributed by atoms with Gasteiger partial charge in [0.2, 0.25) is 11.8 Å². The molecule has 0 heterocycles. The highest BCUT2D eigenvalue weighted by molar-refractivity contribution is 5.95. The van der Waals surface area contributed by atoms with Crippen LogP contribution in [0.1, 0.15) is 49.8 Å². The molecule has 0 aliphatic heterocycles. The van der Waals surface area contributed by atoms with E-state index in [2.05, 4.69) is 10.6 Å². The molecule has 0 radical (unpaired) electrons. The Balaban J connectivity index is 1.58. The molecule has 0 aliphatic rings. The van der Waals surface area contributed by atoms with Crippen molar-refractivity contribution in [2.45, 2.75) is 64.5 Å². The first-order valence-corrected chi connectivity index (χ1v) is 15.2. The Morgan fingerprint density at radius 1 is 0.711 bits per heavy atom. The summed E-state index contributed by atoms with van der Waals surface area (Å²) in [5, 5.41) is 14.6. The van der Waals surface area contributed by atoms with Crippen LogP contribution >= 0.6 is 0 Å². The Labute approximate surface area is 264 Å². The number of benzene rings is 3. The average Bonchev–Trinajstić information content (AvgIpc) is 3.02. The van der Waals surface area contributed by atoms with E-state index in [4.69, 9.17) is 4.74 Å². The second-order valence-electron chi connectivity index (χ2n) is 11.5. The quantitative estimate of drug-likeness (QED) is 0.181. The number of Topliss-reactive ketones (excluding diaryl/α,β-unsaturated/α-hetero) is 1. The number of esters is 1. The van der Waals surface area contributed by atoms with E-state index in [0.29, 0.717) is 19.3 Å². The van der Waals surface area contributed by atoms with Gasteiger partial charge in [-0.25, -0.2) is 0 Å². The van der Waals surface area contributed by atoms with E-state index in [1.165, 1.54) is 0 Å². The third-order valence-corrected chi connectivity index (χ3v) is 7.40. The Morgan fingerprint density at radius 3 is 1.71 bits per heavy atom. The first kappa shape index (κ1) is 34.7. The highest BCUT2D eigenvalue weighted by Crippen LogP contribution is 2.19. The van der Waals surface area contributed by atoms with Gasteiger partial charge in [0.1, 0.15) is 12.1 Å². The number of rotatable bonds is 18. The number of carboxylic acid groups (broad SMARTS) is 1. The number of ketones is 1. The lowest BCUT2D eigenvalue weighted by Crippen LogP contribution is -2.54. The minimum atomic E-state index is -1.44. The molecule has 3 aromatic carbocycles. The molecule has 45 heavy (non-hydrogen) atoms. The van der Waals surface area contributed by atoms with Gasteiger partial charge in [-0.05, 0) is 47.8 Å². The standard InChI is InChI=1S/C36H42N2O7/c1-25(2)35(38-32(40)19-18-26-12-6-3-7-13-26)36(44)37-30(23-33(41)42)31(39)24-45-34(43)22-29(20-27-14-8-4-9-15-27)21-28-16-10-5-11-17-28/h3-17,25,29-30,35H,18-24H2,1-2H3,(H,37,44)(H,38,40)(H,41,42). The van der Waals surface area contributed by atoms with Crippen molar-refractivity contribution in [2.75, 3.05) is 6.61 Å². The molecular weight excluding hydrogens is 572 g/mol. The lowest BCUT2D eigenvalue weighted by Gasteiger charge is -2.24. The van der Waals surface area contributed by atoms with Gasteiger partial charge in [0, 0.05) is 12.8 Å². The Morgan fingerprint density at radius 2 is 1.22 bits per heavy atom. The molecule has 0 aromatic heterocycles. The van der Waals surface area contributed by atoms with Crippen LogP contribution in [0.3, 0.4) is 0 Å². The third kappa shape index (κ3) is 12.8. The number of carbonyl (C=O) groups is 5. The largest absolute Gasteiger partial charge is 0.481 e. The summed E-state index contributed by atoms with van der Waals surface area (Å²) in [5.74, 6) is -4.11. The van der Waals surface area contributed by atoms with Gasteiger partial charge in [-0.2, -0.15) is 0 Å². The zero-order chi connectivity index (χ0) is 32.6. The fraction of sp³-hybridized carbons (Fsp3) is 0.361. The molecule has 0 saturated heterocycles. The second kappa shape index (κ2) is 18.1. The molecule has 2 atom stereocenters. The highest BCUT2D eigenvalue weighted by Gasteiger charge is 2.30. The Bertz CT molecular complexity index is 1350. The van der Waals surface area contributed by atoms with Gasteiger partial charge in [0.25, 0.3) is 0 Å². The summed E-state index contributed by atoms with van der Waals surface area (Å²) < 4.78 is 5.30. The molecule has 3 N–H and O–H groups in total. The summed E-state index contributed by atoms with van der Waals surface area (Å²) in [4.78, 5) is 63.2. The monoisotopic (exact) mass is 614 g/mol. The van der Waals surface area contributed by atoms with E-state index in [9.17, 15) is 29.1 Å². The molecule has 2 unspecified atom stereocenters. The predicted molar refractivity (Wildman–Crippen MR) is 170 cm³/mol. The normalized spacial score (nSPS) is 12.3. The summed E-state index contributed by atoms with van der Waals surface area (Å²) in [7, 11) is 0. The van der Waals surface area contributed by atoms with Gasteiger partial charge in [-0.3, -0.25) is 24.0 Å². The second-order valence-corrected chi connectivity index (χ2v) is 11.5. The molecule has 0 bridgehead atoms. The van der Waals surface area contributed by atoms with Crippen molar-refractivity contribution >= 4 is 29.5 Å². The number of hydrogen-bond donors (Lipinski definition) is 3. The fourth-order valence-corrected chi connectivity index (χ4v) is 5.02. The number of hydrogen-bond acceptors (Lipinski definition) is 6. The van der Waals surface area contributed by atoms with Gasteiger partial charge in [-0.15, -0.1) is 0 Å². The van der Waals surface area contributed by atoms with Crippen molar-refractivity contribution in [3.63, 3.8) is 0 Å². The van der Waals surface area contributed by atoms with Gasteiger partial charge < -0.3 is 20.5 Å². The molecular formula is C36H42N2O7. The minimum absolute atomic E-state index is 0.0530. The zero-order valence-electron chi connectivity index (χ0n) is 25.8. The van der Waals surface area contributed by atoms with Crippen LogP contribution in [0.2, 0.25) is 0 Å². The van der Waals surface area contributed by atoms with Crippen LogP contribution in [0.5, 0.6) is 0 Å². The molecule has 3 aromatic rings. The highest BCUT2D eigenvalue weighted by atomic mass is 16.5.